The highest BCUT2D eigenvalue weighted by molar-refractivity contribution is 5.85. The summed E-state index contributed by atoms with van der Waals surface area (Å²) >= 11 is 0. The van der Waals surface area contributed by atoms with Crippen LogP contribution >= 0.6 is 0 Å². The predicted octanol–water partition coefficient (Wildman–Crippen LogP) is 2.49. The molecule has 2 aromatic rings. The first-order valence-corrected chi connectivity index (χ1v) is 5.98. The first kappa shape index (κ1) is 13.0. The summed E-state index contributed by atoms with van der Waals surface area (Å²) in [6.07, 6.45) is 7.76. The fraction of sp³-hybridized carbons (Fsp3) is 0.214. The Hall–Kier alpha value is -2.43. The monoisotopic (exact) mass is 257 g/mol. The summed E-state index contributed by atoms with van der Waals surface area (Å²) in [6, 6.07) is 3.80. The van der Waals surface area contributed by atoms with Crippen LogP contribution in [0.4, 0.5) is 0 Å². The van der Waals surface area contributed by atoms with Gasteiger partial charge in [0.25, 0.3) is 0 Å². The van der Waals surface area contributed by atoms with Crippen LogP contribution in [0.2, 0.25) is 0 Å². The van der Waals surface area contributed by atoms with Crippen LogP contribution < -0.4 is 0 Å². The SMILES string of the molecule is CC(C)c1ccn(-c2cncc(/C=C/C(=O)O)c2)n1. The third-order valence-electron chi connectivity index (χ3n) is 2.63. The molecule has 0 amide bonds. The predicted molar refractivity (Wildman–Crippen MR) is 72.1 cm³/mol. The number of carboxylic acid groups (broad SMARTS) is 1. The summed E-state index contributed by atoms with van der Waals surface area (Å²) in [5.41, 5.74) is 2.53. The molecule has 19 heavy (non-hydrogen) atoms. The van der Waals surface area contributed by atoms with Gasteiger partial charge in [-0.1, -0.05) is 13.8 Å². The van der Waals surface area contributed by atoms with Gasteiger partial charge >= 0.3 is 5.97 Å². The van der Waals surface area contributed by atoms with Crippen molar-refractivity contribution in [2.75, 3.05) is 0 Å². The topological polar surface area (TPSA) is 68.0 Å². The zero-order valence-electron chi connectivity index (χ0n) is 10.8. The van der Waals surface area contributed by atoms with Crippen molar-refractivity contribution in [3.63, 3.8) is 0 Å². The molecule has 0 aliphatic carbocycles. The number of carboxylic acids is 1. The van der Waals surface area contributed by atoms with Crippen LogP contribution in [0, 0.1) is 0 Å². The molecule has 1 N–H and O–H groups in total. The van der Waals surface area contributed by atoms with Gasteiger partial charge in [0.2, 0.25) is 0 Å². The molecule has 5 heteroatoms. The summed E-state index contributed by atoms with van der Waals surface area (Å²) in [5.74, 6) is -0.615. The van der Waals surface area contributed by atoms with Crippen molar-refractivity contribution >= 4 is 12.0 Å². The van der Waals surface area contributed by atoms with E-state index in [1.807, 2.05) is 18.3 Å². The van der Waals surface area contributed by atoms with Crippen LogP contribution in [-0.2, 0) is 4.79 Å². The first-order chi connectivity index (χ1) is 9.06. The highest BCUT2D eigenvalue weighted by atomic mass is 16.4. The van der Waals surface area contributed by atoms with E-state index in [4.69, 9.17) is 5.11 Å². The van der Waals surface area contributed by atoms with Gasteiger partial charge in [-0.3, -0.25) is 4.98 Å². The fourth-order valence-electron chi connectivity index (χ4n) is 1.62. The van der Waals surface area contributed by atoms with E-state index >= 15 is 0 Å². The van der Waals surface area contributed by atoms with Crippen molar-refractivity contribution in [2.45, 2.75) is 19.8 Å². The van der Waals surface area contributed by atoms with Gasteiger partial charge in [0, 0.05) is 18.5 Å². The Kier molecular flexibility index (Phi) is 3.75. The van der Waals surface area contributed by atoms with Gasteiger partial charge in [0.15, 0.2) is 0 Å². The molecule has 0 saturated carbocycles. The molecule has 0 aliphatic rings. The molecule has 0 atom stereocenters. The third kappa shape index (κ3) is 3.28. The molecule has 0 fully saturated rings. The van der Waals surface area contributed by atoms with E-state index in [0.717, 1.165) is 23.0 Å². The maximum atomic E-state index is 10.5. The van der Waals surface area contributed by atoms with Crippen LogP contribution in [0.5, 0.6) is 0 Å². The summed E-state index contributed by atoms with van der Waals surface area (Å²) in [6.45, 7) is 4.16. The summed E-state index contributed by atoms with van der Waals surface area (Å²) in [7, 11) is 0. The zero-order chi connectivity index (χ0) is 13.8. The number of aliphatic carboxylic acids is 1. The van der Waals surface area contributed by atoms with Gasteiger partial charge in [-0.25, -0.2) is 9.48 Å². The number of carbonyl (C=O) groups is 1. The van der Waals surface area contributed by atoms with Gasteiger partial charge in [-0.05, 0) is 29.7 Å². The number of rotatable bonds is 4. The Morgan fingerprint density at radius 3 is 2.84 bits per heavy atom. The van der Waals surface area contributed by atoms with Gasteiger partial charge in [0.1, 0.15) is 0 Å². The Bertz CT molecular complexity index is 615. The minimum Gasteiger partial charge on any atom is -0.478 e. The van der Waals surface area contributed by atoms with Crippen molar-refractivity contribution < 1.29 is 9.90 Å². The number of aromatic nitrogens is 3. The molecule has 0 aliphatic heterocycles. The van der Waals surface area contributed by atoms with Crippen molar-refractivity contribution in [2.24, 2.45) is 0 Å². The molecule has 0 radical (unpaired) electrons. The second kappa shape index (κ2) is 5.48. The van der Waals surface area contributed by atoms with E-state index in [1.165, 1.54) is 6.08 Å². The normalized spacial score (nSPS) is 11.3. The van der Waals surface area contributed by atoms with Crippen LogP contribution in [0.1, 0.15) is 31.0 Å². The maximum absolute atomic E-state index is 10.5. The number of hydrogen-bond donors (Lipinski definition) is 1. The standard InChI is InChI=1S/C14H15N3O2/c1-10(2)13-5-6-17(16-13)12-7-11(8-15-9-12)3-4-14(18)19/h3-10H,1-2H3,(H,18,19)/b4-3+. The second-order valence-corrected chi connectivity index (χ2v) is 4.49. The molecule has 98 valence electrons. The average molecular weight is 257 g/mol. The number of pyridine rings is 1. The van der Waals surface area contributed by atoms with E-state index in [2.05, 4.69) is 23.9 Å². The fourth-order valence-corrected chi connectivity index (χ4v) is 1.62. The van der Waals surface area contributed by atoms with Crippen LogP contribution in [0.3, 0.4) is 0 Å². The Morgan fingerprint density at radius 1 is 1.42 bits per heavy atom. The van der Waals surface area contributed by atoms with Crippen molar-refractivity contribution in [1.82, 2.24) is 14.8 Å². The highest BCUT2D eigenvalue weighted by Crippen LogP contribution is 2.14. The molecule has 0 saturated heterocycles. The van der Waals surface area contributed by atoms with Gasteiger partial charge in [-0.15, -0.1) is 0 Å². The molecule has 2 rings (SSSR count). The van der Waals surface area contributed by atoms with E-state index < -0.39 is 5.97 Å². The zero-order valence-corrected chi connectivity index (χ0v) is 10.8. The first-order valence-electron chi connectivity index (χ1n) is 5.98. The largest absolute Gasteiger partial charge is 0.478 e. The Labute approximate surface area is 111 Å². The lowest BCUT2D eigenvalue weighted by Gasteiger charge is -2.03. The molecule has 0 spiro atoms. The highest BCUT2D eigenvalue weighted by Gasteiger charge is 2.05. The lowest BCUT2D eigenvalue weighted by atomic mass is 10.1. The quantitative estimate of drug-likeness (QED) is 0.854. The molecule has 2 aromatic heterocycles. The van der Waals surface area contributed by atoms with Crippen molar-refractivity contribution in [3.05, 3.63) is 48.1 Å². The van der Waals surface area contributed by atoms with E-state index in [1.54, 1.807) is 17.1 Å². The minimum atomic E-state index is -0.980. The van der Waals surface area contributed by atoms with Crippen LogP contribution in [0.25, 0.3) is 11.8 Å². The molecular weight excluding hydrogens is 242 g/mol. The van der Waals surface area contributed by atoms with Crippen LogP contribution in [0.15, 0.2) is 36.8 Å². The molecular formula is C14H15N3O2. The van der Waals surface area contributed by atoms with Gasteiger partial charge in [0.05, 0.1) is 17.6 Å². The summed E-state index contributed by atoms with van der Waals surface area (Å²) < 4.78 is 1.74. The second-order valence-electron chi connectivity index (χ2n) is 4.49. The number of hydrogen-bond acceptors (Lipinski definition) is 3. The summed E-state index contributed by atoms with van der Waals surface area (Å²) in [5, 5.41) is 13.1. The van der Waals surface area contributed by atoms with E-state index in [-0.39, 0.29) is 0 Å². The Balaban J connectivity index is 2.29. The Morgan fingerprint density at radius 2 is 2.21 bits per heavy atom. The smallest absolute Gasteiger partial charge is 0.328 e. The lowest BCUT2D eigenvalue weighted by Crippen LogP contribution is -1.98. The van der Waals surface area contributed by atoms with Gasteiger partial charge < -0.3 is 5.11 Å². The maximum Gasteiger partial charge on any atom is 0.328 e. The lowest BCUT2D eigenvalue weighted by molar-refractivity contribution is -0.131. The molecule has 0 aromatic carbocycles. The van der Waals surface area contributed by atoms with E-state index in [9.17, 15) is 4.79 Å². The number of nitrogens with zero attached hydrogens (tertiary/aromatic N) is 3. The summed E-state index contributed by atoms with van der Waals surface area (Å²) in [4.78, 5) is 14.6. The minimum absolute atomic E-state index is 0.365. The average Bonchev–Trinajstić information content (AvgIpc) is 2.86. The van der Waals surface area contributed by atoms with Crippen LogP contribution in [-0.4, -0.2) is 25.8 Å². The molecule has 0 unspecified atom stereocenters. The van der Waals surface area contributed by atoms with E-state index in [0.29, 0.717) is 5.92 Å². The molecule has 2 heterocycles. The molecule has 5 nitrogen and oxygen atoms in total. The van der Waals surface area contributed by atoms with Crippen molar-refractivity contribution in [3.8, 4) is 5.69 Å². The van der Waals surface area contributed by atoms with Crippen molar-refractivity contribution in [1.29, 1.82) is 0 Å². The van der Waals surface area contributed by atoms with Gasteiger partial charge in [-0.2, -0.15) is 5.10 Å². The molecule has 0 bridgehead atoms. The third-order valence-corrected chi connectivity index (χ3v) is 2.63.